The van der Waals surface area contributed by atoms with Crippen molar-refractivity contribution in [3.8, 4) is 0 Å². The van der Waals surface area contributed by atoms with Crippen molar-refractivity contribution in [3.05, 3.63) is 29.6 Å². The van der Waals surface area contributed by atoms with Crippen molar-refractivity contribution < 1.29 is 5.11 Å². The van der Waals surface area contributed by atoms with Crippen molar-refractivity contribution in [3.63, 3.8) is 0 Å². The molecule has 1 saturated heterocycles. The second-order valence-electron chi connectivity index (χ2n) is 6.18. The van der Waals surface area contributed by atoms with Gasteiger partial charge in [0.25, 0.3) is 0 Å². The zero-order valence-electron chi connectivity index (χ0n) is 12.5. The van der Waals surface area contributed by atoms with E-state index in [9.17, 15) is 5.11 Å². The highest BCUT2D eigenvalue weighted by molar-refractivity contribution is 5.19. The largest absolute Gasteiger partial charge is 0.389 e. The maximum absolute atomic E-state index is 9.86. The number of aliphatic hydroxyl groups is 1. The Morgan fingerprint density at radius 1 is 1.25 bits per heavy atom. The van der Waals surface area contributed by atoms with Gasteiger partial charge in [-0.15, -0.1) is 0 Å². The molecule has 1 fully saturated rings. The molecule has 1 aromatic heterocycles. The first-order valence-corrected chi connectivity index (χ1v) is 7.28. The zero-order valence-corrected chi connectivity index (χ0v) is 12.5. The van der Waals surface area contributed by atoms with Gasteiger partial charge in [0, 0.05) is 52.0 Å². The summed E-state index contributed by atoms with van der Waals surface area (Å²) < 4.78 is 0. The van der Waals surface area contributed by atoms with Crippen LogP contribution in [0.1, 0.15) is 25.1 Å². The molecular formula is C15H26N4O. The Balaban J connectivity index is 1.85. The first-order valence-electron chi connectivity index (χ1n) is 7.28. The topological polar surface area (TPSA) is 65.6 Å². The molecule has 0 amide bonds. The molecule has 0 spiro atoms. The third-order valence-corrected chi connectivity index (χ3v) is 3.65. The van der Waals surface area contributed by atoms with Gasteiger partial charge in [-0.1, -0.05) is 6.07 Å². The van der Waals surface area contributed by atoms with Crippen molar-refractivity contribution in [1.82, 2.24) is 14.8 Å². The normalized spacial score (nSPS) is 18.4. The second-order valence-corrected chi connectivity index (χ2v) is 6.18. The highest BCUT2D eigenvalue weighted by Crippen LogP contribution is 2.13. The lowest BCUT2D eigenvalue weighted by Crippen LogP contribution is -2.50. The molecule has 0 aliphatic carbocycles. The molecule has 0 saturated carbocycles. The van der Waals surface area contributed by atoms with Crippen LogP contribution >= 0.6 is 0 Å². The van der Waals surface area contributed by atoms with Gasteiger partial charge < -0.3 is 10.8 Å². The standard InChI is InChI=1S/C15H26N4O/c1-15(2,20)12-19-8-6-18(7-9-19)11-13-4-3-5-17-14(13)10-16/h3-5,20H,6-12,16H2,1-2H3. The van der Waals surface area contributed by atoms with Crippen molar-refractivity contribution in [2.75, 3.05) is 32.7 Å². The Kier molecular flexibility index (Phi) is 5.10. The third kappa shape index (κ3) is 4.52. The number of pyridine rings is 1. The summed E-state index contributed by atoms with van der Waals surface area (Å²) in [7, 11) is 0. The number of piperazine rings is 1. The summed E-state index contributed by atoms with van der Waals surface area (Å²) in [5.41, 5.74) is 7.34. The van der Waals surface area contributed by atoms with Crippen molar-refractivity contribution in [2.45, 2.75) is 32.5 Å². The van der Waals surface area contributed by atoms with Gasteiger partial charge in [-0.2, -0.15) is 0 Å². The van der Waals surface area contributed by atoms with E-state index in [0.717, 1.165) is 45.0 Å². The molecule has 20 heavy (non-hydrogen) atoms. The van der Waals surface area contributed by atoms with Gasteiger partial charge in [0.2, 0.25) is 0 Å². The van der Waals surface area contributed by atoms with E-state index >= 15 is 0 Å². The minimum absolute atomic E-state index is 0.495. The van der Waals surface area contributed by atoms with E-state index in [1.54, 1.807) is 6.20 Å². The minimum atomic E-state index is -0.613. The molecule has 5 nitrogen and oxygen atoms in total. The Labute approximate surface area is 121 Å². The lowest BCUT2D eigenvalue weighted by atomic mass is 10.1. The maximum Gasteiger partial charge on any atom is 0.0718 e. The number of rotatable bonds is 5. The maximum atomic E-state index is 9.86. The van der Waals surface area contributed by atoms with E-state index in [4.69, 9.17) is 5.73 Å². The van der Waals surface area contributed by atoms with Gasteiger partial charge in [0.05, 0.1) is 11.3 Å². The van der Waals surface area contributed by atoms with Gasteiger partial charge in [0.15, 0.2) is 0 Å². The molecular weight excluding hydrogens is 252 g/mol. The number of nitrogens with zero attached hydrogens (tertiary/aromatic N) is 3. The summed E-state index contributed by atoms with van der Waals surface area (Å²) in [4.78, 5) is 9.08. The number of β-amino-alcohol motifs (C(OH)–C–C–N with tert-alkyl or cyclic N) is 1. The minimum Gasteiger partial charge on any atom is -0.389 e. The fourth-order valence-electron chi connectivity index (χ4n) is 2.69. The van der Waals surface area contributed by atoms with Gasteiger partial charge in [-0.25, -0.2) is 0 Å². The Hall–Kier alpha value is -1.01. The highest BCUT2D eigenvalue weighted by atomic mass is 16.3. The van der Waals surface area contributed by atoms with E-state index < -0.39 is 5.60 Å². The highest BCUT2D eigenvalue weighted by Gasteiger charge is 2.22. The predicted molar refractivity (Wildman–Crippen MR) is 80.1 cm³/mol. The fraction of sp³-hybridized carbons (Fsp3) is 0.667. The first-order chi connectivity index (χ1) is 9.48. The Morgan fingerprint density at radius 3 is 2.50 bits per heavy atom. The smallest absolute Gasteiger partial charge is 0.0718 e. The van der Waals surface area contributed by atoms with E-state index in [0.29, 0.717) is 6.54 Å². The summed E-state index contributed by atoms with van der Waals surface area (Å²) in [6.07, 6.45) is 1.80. The average Bonchev–Trinajstić information content (AvgIpc) is 2.40. The summed E-state index contributed by atoms with van der Waals surface area (Å²) >= 11 is 0. The van der Waals surface area contributed by atoms with Crippen LogP contribution in [0.25, 0.3) is 0 Å². The molecule has 112 valence electrons. The van der Waals surface area contributed by atoms with Gasteiger partial charge in [-0.3, -0.25) is 14.8 Å². The predicted octanol–water partition coefficient (Wildman–Crippen LogP) is 0.429. The Bertz CT molecular complexity index is 422. The van der Waals surface area contributed by atoms with Crippen molar-refractivity contribution in [2.24, 2.45) is 5.73 Å². The number of hydrogen-bond acceptors (Lipinski definition) is 5. The first kappa shape index (κ1) is 15.4. The van der Waals surface area contributed by atoms with Crippen LogP contribution in [-0.2, 0) is 13.1 Å². The average molecular weight is 278 g/mol. The van der Waals surface area contributed by atoms with E-state index in [1.807, 2.05) is 19.9 Å². The monoisotopic (exact) mass is 278 g/mol. The van der Waals surface area contributed by atoms with Crippen molar-refractivity contribution in [1.29, 1.82) is 0 Å². The zero-order chi connectivity index (χ0) is 14.6. The molecule has 0 radical (unpaired) electrons. The molecule has 1 aliphatic rings. The fourth-order valence-corrected chi connectivity index (χ4v) is 2.69. The lowest BCUT2D eigenvalue weighted by molar-refractivity contribution is 0.0166. The molecule has 0 unspecified atom stereocenters. The molecule has 0 atom stereocenters. The molecule has 2 rings (SSSR count). The number of hydrogen-bond donors (Lipinski definition) is 2. The summed E-state index contributed by atoms with van der Waals surface area (Å²) in [5, 5.41) is 9.86. The molecule has 1 aromatic rings. The summed E-state index contributed by atoms with van der Waals surface area (Å²) in [5.74, 6) is 0. The van der Waals surface area contributed by atoms with Crippen molar-refractivity contribution >= 4 is 0 Å². The SMILES string of the molecule is CC(C)(O)CN1CCN(Cc2cccnc2CN)CC1. The molecule has 3 N–H and O–H groups in total. The quantitative estimate of drug-likeness (QED) is 0.817. The van der Waals surface area contributed by atoms with E-state index in [1.165, 1.54) is 5.56 Å². The number of aromatic nitrogens is 1. The van der Waals surface area contributed by atoms with Crippen LogP contribution < -0.4 is 5.73 Å². The van der Waals surface area contributed by atoms with Gasteiger partial charge in [-0.05, 0) is 25.5 Å². The summed E-state index contributed by atoms with van der Waals surface area (Å²) in [6, 6.07) is 4.08. The second kappa shape index (κ2) is 6.63. The van der Waals surface area contributed by atoms with Crippen LogP contribution in [0.3, 0.4) is 0 Å². The third-order valence-electron chi connectivity index (χ3n) is 3.65. The molecule has 5 heteroatoms. The van der Waals surface area contributed by atoms with Crippen LogP contribution in [0.5, 0.6) is 0 Å². The Morgan fingerprint density at radius 2 is 1.90 bits per heavy atom. The van der Waals surface area contributed by atoms with Crippen LogP contribution in [0.2, 0.25) is 0 Å². The lowest BCUT2D eigenvalue weighted by Gasteiger charge is -2.37. The summed E-state index contributed by atoms with van der Waals surface area (Å²) in [6.45, 7) is 9.92. The van der Waals surface area contributed by atoms with Crippen LogP contribution in [0.4, 0.5) is 0 Å². The molecule has 1 aliphatic heterocycles. The molecule has 0 bridgehead atoms. The van der Waals surface area contributed by atoms with E-state index in [2.05, 4.69) is 20.9 Å². The van der Waals surface area contributed by atoms with Gasteiger partial charge >= 0.3 is 0 Å². The van der Waals surface area contributed by atoms with Gasteiger partial charge in [0.1, 0.15) is 0 Å². The van der Waals surface area contributed by atoms with E-state index in [-0.39, 0.29) is 0 Å². The van der Waals surface area contributed by atoms with Crippen LogP contribution in [0, 0.1) is 0 Å². The number of nitrogens with two attached hydrogens (primary N) is 1. The molecule has 0 aromatic carbocycles. The molecule has 2 heterocycles. The van der Waals surface area contributed by atoms with Crippen LogP contribution in [0.15, 0.2) is 18.3 Å². The van der Waals surface area contributed by atoms with Crippen LogP contribution in [-0.4, -0.2) is 58.2 Å².